The van der Waals surface area contributed by atoms with Gasteiger partial charge in [-0.1, -0.05) is 17.3 Å². The van der Waals surface area contributed by atoms with E-state index in [2.05, 4.69) is 26.1 Å². The fourth-order valence-electron chi connectivity index (χ4n) is 3.16. The molecule has 0 saturated carbocycles. The van der Waals surface area contributed by atoms with Crippen molar-refractivity contribution in [1.29, 1.82) is 0 Å². The van der Waals surface area contributed by atoms with Gasteiger partial charge in [-0.2, -0.15) is 18.2 Å². The second kappa shape index (κ2) is 8.30. The smallest absolute Gasteiger partial charge is 0.425 e. The third-order valence-electron chi connectivity index (χ3n) is 4.75. The minimum absolute atomic E-state index is 0.0406. The second-order valence-corrected chi connectivity index (χ2v) is 7.87. The van der Waals surface area contributed by atoms with Crippen LogP contribution in [0.3, 0.4) is 0 Å². The number of benzene rings is 2. The molecule has 1 atom stereocenters. The topological polar surface area (TPSA) is 96.2 Å². The lowest BCUT2D eigenvalue weighted by atomic mass is 10.1. The van der Waals surface area contributed by atoms with Gasteiger partial charge in [0, 0.05) is 28.2 Å². The van der Waals surface area contributed by atoms with Gasteiger partial charge in [-0.05, 0) is 53.2 Å². The molecule has 0 spiro atoms. The summed E-state index contributed by atoms with van der Waals surface area (Å²) in [7, 11) is 0. The molecule has 0 bridgehead atoms. The maximum absolute atomic E-state index is 12.8. The molecule has 0 aliphatic carbocycles. The molecular weight excluding hydrogens is 493 g/mol. The van der Waals surface area contributed by atoms with Gasteiger partial charge in [-0.3, -0.25) is 4.79 Å². The van der Waals surface area contributed by atoms with Gasteiger partial charge >= 0.3 is 6.18 Å². The summed E-state index contributed by atoms with van der Waals surface area (Å²) in [5, 5.41) is 4.85. The molecular formula is C21H16BrF3N4O3. The number of carbonyl (C=O) groups is 1. The Bertz CT molecular complexity index is 1300. The lowest BCUT2D eigenvalue weighted by Gasteiger charge is -2.18. The summed E-state index contributed by atoms with van der Waals surface area (Å²) in [5.41, 5.74) is 7.28. The van der Waals surface area contributed by atoms with Crippen LogP contribution in [-0.4, -0.2) is 32.9 Å². The SMILES string of the molecule is CC(Oc1ccc(-c2nc(-c3cccc4c3ccn4CC(N)=O)no2)cc1Br)C(F)(F)F. The van der Waals surface area contributed by atoms with Gasteiger partial charge in [0.25, 0.3) is 5.89 Å². The zero-order valence-electron chi connectivity index (χ0n) is 16.6. The number of ether oxygens (including phenoxy) is 1. The van der Waals surface area contributed by atoms with E-state index >= 15 is 0 Å². The Balaban J connectivity index is 1.63. The van der Waals surface area contributed by atoms with Crippen LogP contribution in [0.1, 0.15) is 6.92 Å². The number of primary amides is 1. The van der Waals surface area contributed by atoms with E-state index in [1.165, 1.54) is 12.1 Å². The van der Waals surface area contributed by atoms with E-state index < -0.39 is 18.2 Å². The van der Waals surface area contributed by atoms with Gasteiger partial charge in [0.05, 0.1) is 4.47 Å². The van der Waals surface area contributed by atoms with Crippen molar-refractivity contribution in [3.8, 4) is 28.6 Å². The molecule has 4 rings (SSSR count). The molecule has 2 heterocycles. The highest BCUT2D eigenvalue weighted by Crippen LogP contribution is 2.34. The van der Waals surface area contributed by atoms with Crippen LogP contribution < -0.4 is 10.5 Å². The van der Waals surface area contributed by atoms with E-state index in [0.29, 0.717) is 21.4 Å². The Labute approximate surface area is 188 Å². The van der Waals surface area contributed by atoms with E-state index in [1.54, 1.807) is 22.9 Å². The number of hydrogen-bond donors (Lipinski definition) is 1. The highest BCUT2D eigenvalue weighted by atomic mass is 79.9. The number of nitrogens with zero attached hydrogens (tertiary/aromatic N) is 3. The normalized spacial score (nSPS) is 12.8. The summed E-state index contributed by atoms with van der Waals surface area (Å²) < 4.78 is 50.6. The molecule has 0 radical (unpaired) electrons. The van der Waals surface area contributed by atoms with Crippen molar-refractivity contribution in [1.82, 2.24) is 14.7 Å². The molecule has 32 heavy (non-hydrogen) atoms. The molecule has 0 fully saturated rings. The van der Waals surface area contributed by atoms with Crippen LogP contribution in [0.5, 0.6) is 5.75 Å². The van der Waals surface area contributed by atoms with Crippen LogP contribution in [0.25, 0.3) is 33.7 Å². The van der Waals surface area contributed by atoms with Crippen LogP contribution >= 0.6 is 15.9 Å². The van der Waals surface area contributed by atoms with E-state index in [4.69, 9.17) is 15.0 Å². The van der Waals surface area contributed by atoms with Gasteiger partial charge in [0.2, 0.25) is 11.7 Å². The molecule has 7 nitrogen and oxygen atoms in total. The van der Waals surface area contributed by atoms with Crippen LogP contribution in [0.4, 0.5) is 13.2 Å². The first kappa shape index (κ1) is 21.9. The summed E-state index contributed by atoms with van der Waals surface area (Å²) in [5.74, 6) is 0.0884. The van der Waals surface area contributed by atoms with Crippen LogP contribution in [0.2, 0.25) is 0 Å². The molecule has 2 aromatic heterocycles. The van der Waals surface area contributed by atoms with Gasteiger partial charge in [-0.15, -0.1) is 0 Å². The van der Waals surface area contributed by atoms with Gasteiger partial charge in [-0.25, -0.2) is 0 Å². The number of fused-ring (bicyclic) bond motifs is 1. The standard InChI is InChI=1S/C21H16BrF3N4O3/c1-11(21(23,24)25)31-17-6-5-12(9-15(17)22)20-27-19(28-32-20)14-3-2-4-16-13(14)7-8-29(16)10-18(26)30/h2-9,11H,10H2,1H3,(H2,26,30). The molecule has 2 N–H and O–H groups in total. The Kier molecular flexibility index (Phi) is 5.68. The molecule has 0 aliphatic heterocycles. The zero-order chi connectivity index (χ0) is 23.0. The number of aromatic nitrogens is 3. The molecule has 2 aromatic carbocycles. The molecule has 1 amide bonds. The number of halogens is 4. The fourth-order valence-corrected chi connectivity index (χ4v) is 3.63. The summed E-state index contributed by atoms with van der Waals surface area (Å²) in [6.45, 7) is 0.974. The minimum Gasteiger partial charge on any atom is -0.480 e. The lowest BCUT2D eigenvalue weighted by molar-refractivity contribution is -0.189. The predicted molar refractivity (Wildman–Crippen MR) is 114 cm³/mol. The highest BCUT2D eigenvalue weighted by Gasteiger charge is 2.38. The number of alkyl halides is 3. The largest absolute Gasteiger partial charge is 0.480 e. The Morgan fingerprint density at radius 3 is 2.75 bits per heavy atom. The average Bonchev–Trinajstić information content (AvgIpc) is 3.36. The van der Waals surface area contributed by atoms with E-state index in [9.17, 15) is 18.0 Å². The van der Waals surface area contributed by atoms with Crippen molar-refractivity contribution in [3.63, 3.8) is 0 Å². The van der Waals surface area contributed by atoms with Crippen molar-refractivity contribution in [3.05, 3.63) is 53.1 Å². The summed E-state index contributed by atoms with van der Waals surface area (Å²) in [6, 6.07) is 11.8. The van der Waals surface area contributed by atoms with Crippen LogP contribution in [-0.2, 0) is 11.3 Å². The van der Waals surface area contributed by atoms with E-state index in [1.807, 2.05) is 18.2 Å². The predicted octanol–water partition coefficient (Wildman–Crippen LogP) is 4.94. The van der Waals surface area contributed by atoms with Crippen LogP contribution in [0, 0.1) is 0 Å². The van der Waals surface area contributed by atoms with Gasteiger partial charge in [0.15, 0.2) is 6.10 Å². The first-order chi connectivity index (χ1) is 15.1. The lowest BCUT2D eigenvalue weighted by Crippen LogP contribution is -2.31. The van der Waals surface area contributed by atoms with Crippen molar-refractivity contribution in [2.45, 2.75) is 25.7 Å². The number of carbonyl (C=O) groups excluding carboxylic acids is 1. The minimum atomic E-state index is -4.48. The number of amides is 1. The Hall–Kier alpha value is -3.34. The molecule has 166 valence electrons. The third kappa shape index (κ3) is 4.33. The molecule has 0 saturated heterocycles. The maximum atomic E-state index is 12.8. The summed E-state index contributed by atoms with van der Waals surface area (Å²) in [4.78, 5) is 15.7. The van der Waals surface area contributed by atoms with Crippen molar-refractivity contribution in [2.24, 2.45) is 5.73 Å². The average molecular weight is 509 g/mol. The molecule has 0 aliphatic rings. The fraction of sp³-hybridized carbons (Fsp3) is 0.190. The van der Waals surface area contributed by atoms with Crippen molar-refractivity contribution >= 4 is 32.7 Å². The first-order valence-corrected chi connectivity index (χ1v) is 10.2. The number of rotatable bonds is 6. The quantitative estimate of drug-likeness (QED) is 0.398. The van der Waals surface area contributed by atoms with E-state index in [-0.39, 0.29) is 18.2 Å². The second-order valence-electron chi connectivity index (χ2n) is 7.02. The molecule has 1 unspecified atom stereocenters. The monoisotopic (exact) mass is 508 g/mol. The maximum Gasteiger partial charge on any atom is 0.425 e. The Morgan fingerprint density at radius 1 is 1.28 bits per heavy atom. The first-order valence-electron chi connectivity index (χ1n) is 9.37. The Morgan fingerprint density at radius 2 is 2.06 bits per heavy atom. The number of nitrogens with two attached hydrogens (primary N) is 1. The molecule has 11 heteroatoms. The molecule has 4 aromatic rings. The van der Waals surface area contributed by atoms with Crippen molar-refractivity contribution < 1.29 is 27.2 Å². The van der Waals surface area contributed by atoms with Crippen molar-refractivity contribution in [2.75, 3.05) is 0 Å². The third-order valence-corrected chi connectivity index (χ3v) is 5.37. The number of hydrogen-bond acceptors (Lipinski definition) is 5. The van der Waals surface area contributed by atoms with Gasteiger partial charge < -0.3 is 19.6 Å². The summed E-state index contributed by atoms with van der Waals surface area (Å²) in [6.07, 6.45) is -4.68. The summed E-state index contributed by atoms with van der Waals surface area (Å²) >= 11 is 3.22. The van der Waals surface area contributed by atoms with Crippen LogP contribution in [0.15, 0.2) is 57.7 Å². The van der Waals surface area contributed by atoms with E-state index in [0.717, 1.165) is 17.8 Å². The zero-order valence-corrected chi connectivity index (χ0v) is 18.1. The highest BCUT2D eigenvalue weighted by molar-refractivity contribution is 9.10. The van der Waals surface area contributed by atoms with Gasteiger partial charge in [0.1, 0.15) is 12.3 Å².